The molecule has 0 unspecified atom stereocenters. The summed E-state index contributed by atoms with van der Waals surface area (Å²) in [5.41, 5.74) is 9.56. The van der Waals surface area contributed by atoms with E-state index in [1.807, 2.05) is 6.92 Å². The van der Waals surface area contributed by atoms with Crippen LogP contribution in [0, 0.1) is 20.8 Å². The average molecular weight is 472 g/mol. The first kappa shape index (κ1) is 24.8. The number of H-pyrrole nitrogens is 1. The van der Waals surface area contributed by atoms with Crippen LogP contribution < -0.4 is 9.47 Å². The third-order valence-electron chi connectivity index (χ3n) is 6.53. The van der Waals surface area contributed by atoms with E-state index in [4.69, 9.17) is 14.5 Å². The highest BCUT2D eigenvalue weighted by Gasteiger charge is 2.20. The second-order valence-corrected chi connectivity index (χ2v) is 9.90. The van der Waals surface area contributed by atoms with Crippen LogP contribution in [0.1, 0.15) is 74.2 Å². The van der Waals surface area contributed by atoms with E-state index in [2.05, 4.69) is 95.1 Å². The number of fused-ring (bicyclic) bond motifs is 1. The molecule has 0 spiro atoms. The van der Waals surface area contributed by atoms with Crippen molar-refractivity contribution < 1.29 is 9.47 Å². The van der Waals surface area contributed by atoms with Gasteiger partial charge in [-0.25, -0.2) is 0 Å². The number of ether oxygens (including phenoxy) is 2. The Balaban J connectivity index is 1.79. The van der Waals surface area contributed by atoms with Gasteiger partial charge in [-0.2, -0.15) is 5.10 Å². The number of aryl methyl sites for hydroxylation is 4. The Hall–Kier alpha value is -3.34. The van der Waals surface area contributed by atoms with Gasteiger partial charge in [0.1, 0.15) is 18.1 Å². The molecule has 0 amide bonds. The molecule has 184 valence electrons. The molecule has 2 heterocycles. The monoisotopic (exact) mass is 471 g/mol. The molecular weight excluding hydrogens is 434 g/mol. The number of nitrogens with one attached hydrogen (secondary N) is 1. The maximum Gasteiger partial charge on any atom is 0.130 e. The number of hydrogen-bond donors (Lipinski definition) is 1. The van der Waals surface area contributed by atoms with E-state index in [0.29, 0.717) is 12.5 Å². The predicted octanol–water partition coefficient (Wildman–Crippen LogP) is 7.60. The summed E-state index contributed by atoms with van der Waals surface area (Å²) >= 11 is 0. The summed E-state index contributed by atoms with van der Waals surface area (Å²) in [6.07, 6.45) is 0.944. The SMILES string of the molecule is CCc1ccc2n[nH]c(C)c2c1-c1cc(OC(C)C)c(COc2cc(C(C)C)ccc2C)c(C)n1. The molecule has 0 aliphatic rings. The fourth-order valence-electron chi connectivity index (χ4n) is 4.51. The molecular formula is C30H37N3O2. The van der Waals surface area contributed by atoms with Crippen LogP contribution in [0.4, 0.5) is 0 Å². The Kier molecular flexibility index (Phi) is 7.15. The van der Waals surface area contributed by atoms with Gasteiger partial charge in [0.25, 0.3) is 0 Å². The Morgan fingerprint density at radius 1 is 0.943 bits per heavy atom. The molecule has 0 atom stereocenters. The van der Waals surface area contributed by atoms with Crippen molar-refractivity contribution in [3.63, 3.8) is 0 Å². The Morgan fingerprint density at radius 2 is 1.71 bits per heavy atom. The summed E-state index contributed by atoms with van der Waals surface area (Å²) in [7, 11) is 0. The summed E-state index contributed by atoms with van der Waals surface area (Å²) in [5.74, 6) is 2.17. The maximum absolute atomic E-state index is 6.35. The summed E-state index contributed by atoms with van der Waals surface area (Å²) < 4.78 is 12.7. The first-order valence-corrected chi connectivity index (χ1v) is 12.6. The van der Waals surface area contributed by atoms with Gasteiger partial charge in [0.15, 0.2) is 0 Å². The standard InChI is InChI=1S/C30H37N3O2/c1-9-22-12-13-25-29(21(8)32-33-25)30(22)26-15-28(35-18(4)5)24(20(7)31-26)16-34-27-14-23(17(2)3)11-10-19(27)6/h10-15,17-18H,9,16H2,1-8H3,(H,32,33). The van der Waals surface area contributed by atoms with Crippen LogP contribution in [-0.4, -0.2) is 21.3 Å². The zero-order valence-corrected chi connectivity index (χ0v) is 22.2. The zero-order chi connectivity index (χ0) is 25.3. The van der Waals surface area contributed by atoms with Crippen LogP contribution in [0.15, 0.2) is 36.4 Å². The van der Waals surface area contributed by atoms with Gasteiger partial charge in [-0.15, -0.1) is 0 Å². The average Bonchev–Trinajstić information content (AvgIpc) is 3.19. The highest BCUT2D eigenvalue weighted by Crippen LogP contribution is 2.37. The number of nitrogens with zero attached hydrogens (tertiary/aromatic N) is 2. The Labute approximate surface area is 208 Å². The normalized spacial score (nSPS) is 11.6. The third-order valence-corrected chi connectivity index (χ3v) is 6.53. The van der Waals surface area contributed by atoms with E-state index in [1.54, 1.807) is 0 Å². The van der Waals surface area contributed by atoms with Crippen molar-refractivity contribution >= 4 is 10.9 Å². The largest absolute Gasteiger partial charge is 0.490 e. The first-order chi connectivity index (χ1) is 16.7. The molecule has 0 aliphatic heterocycles. The van der Waals surface area contributed by atoms with E-state index in [9.17, 15) is 0 Å². The number of hydrogen-bond acceptors (Lipinski definition) is 4. The highest BCUT2D eigenvalue weighted by atomic mass is 16.5. The molecule has 5 nitrogen and oxygen atoms in total. The number of pyridine rings is 1. The summed E-state index contributed by atoms with van der Waals surface area (Å²) in [6.45, 7) is 17.3. The maximum atomic E-state index is 6.35. The number of benzene rings is 2. The molecule has 0 aliphatic carbocycles. The highest BCUT2D eigenvalue weighted by molar-refractivity contribution is 5.97. The lowest BCUT2D eigenvalue weighted by Crippen LogP contribution is -2.11. The number of aromatic amines is 1. The molecule has 5 heteroatoms. The van der Waals surface area contributed by atoms with Gasteiger partial charge in [0.2, 0.25) is 0 Å². The van der Waals surface area contributed by atoms with Crippen molar-refractivity contribution in [3.05, 3.63) is 70.0 Å². The first-order valence-electron chi connectivity index (χ1n) is 12.6. The Morgan fingerprint density at radius 3 is 2.40 bits per heavy atom. The second kappa shape index (κ2) is 10.1. The molecule has 2 aromatic heterocycles. The van der Waals surface area contributed by atoms with Gasteiger partial charge >= 0.3 is 0 Å². The van der Waals surface area contributed by atoms with E-state index < -0.39 is 0 Å². The van der Waals surface area contributed by atoms with Crippen molar-refractivity contribution in [1.82, 2.24) is 15.2 Å². The molecule has 2 aromatic carbocycles. The van der Waals surface area contributed by atoms with Crippen LogP contribution >= 0.6 is 0 Å². The van der Waals surface area contributed by atoms with Crippen molar-refractivity contribution in [3.8, 4) is 22.8 Å². The van der Waals surface area contributed by atoms with Crippen molar-refractivity contribution in [2.45, 2.75) is 80.4 Å². The predicted molar refractivity (Wildman–Crippen MR) is 144 cm³/mol. The molecule has 1 N–H and O–H groups in total. The second-order valence-electron chi connectivity index (χ2n) is 9.90. The minimum atomic E-state index is 0.0338. The number of rotatable bonds is 8. The zero-order valence-electron chi connectivity index (χ0n) is 22.2. The minimum Gasteiger partial charge on any atom is -0.490 e. The number of aromatic nitrogens is 3. The summed E-state index contributed by atoms with van der Waals surface area (Å²) in [6, 6.07) is 12.8. The third kappa shape index (κ3) is 5.04. The van der Waals surface area contributed by atoms with E-state index >= 15 is 0 Å². The molecule has 35 heavy (non-hydrogen) atoms. The fourth-order valence-corrected chi connectivity index (χ4v) is 4.51. The molecule has 0 saturated carbocycles. The van der Waals surface area contributed by atoms with E-state index in [0.717, 1.165) is 62.6 Å². The fraction of sp³-hybridized carbons (Fsp3) is 0.400. The molecule has 0 fully saturated rings. The van der Waals surface area contributed by atoms with Crippen molar-refractivity contribution in [1.29, 1.82) is 0 Å². The van der Waals surface area contributed by atoms with Crippen molar-refractivity contribution in [2.24, 2.45) is 0 Å². The van der Waals surface area contributed by atoms with E-state index in [1.165, 1.54) is 11.1 Å². The van der Waals surface area contributed by atoms with Crippen LogP contribution in [0.2, 0.25) is 0 Å². The van der Waals surface area contributed by atoms with Crippen LogP contribution in [0.5, 0.6) is 11.5 Å². The van der Waals surface area contributed by atoms with Gasteiger partial charge in [0, 0.05) is 28.4 Å². The lowest BCUT2D eigenvalue weighted by Gasteiger charge is -2.20. The summed E-state index contributed by atoms with van der Waals surface area (Å²) in [5, 5.41) is 8.74. The van der Waals surface area contributed by atoms with Gasteiger partial charge < -0.3 is 9.47 Å². The van der Waals surface area contributed by atoms with Crippen LogP contribution in [0.25, 0.3) is 22.2 Å². The Bertz CT molecular complexity index is 1350. The molecule has 4 rings (SSSR count). The minimum absolute atomic E-state index is 0.0338. The molecule has 0 bridgehead atoms. The lowest BCUT2D eigenvalue weighted by molar-refractivity contribution is 0.229. The summed E-state index contributed by atoms with van der Waals surface area (Å²) in [4.78, 5) is 5.07. The van der Waals surface area contributed by atoms with Gasteiger partial charge in [-0.1, -0.05) is 39.0 Å². The molecule has 0 radical (unpaired) electrons. The topological polar surface area (TPSA) is 60.0 Å². The quantitative estimate of drug-likeness (QED) is 0.287. The van der Waals surface area contributed by atoms with Crippen LogP contribution in [0.3, 0.4) is 0 Å². The van der Waals surface area contributed by atoms with Crippen LogP contribution in [-0.2, 0) is 13.0 Å². The van der Waals surface area contributed by atoms with Crippen molar-refractivity contribution in [2.75, 3.05) is 0 Å². The lowest BCUT2D eigenvalue weighted by atomic mass is 9.95. The van der Waals surface area contributed by atoms with Gasteiger partial charge in [-0.3, -0.25) is 10.1 Å². The van der Waals surface area contributed by atoms with E-state index in [-0.39, 0.29) is 6.10 Å². The molecule has 4 aromatic rings. The van der Waals surface area contributed by atoms with Gasteiger partial charge in [0.05, 0.1) is 22.9 Å². The smallest absolute Gasteiger partial charge is 0.130 e. The molecule has 0 saturated heterocycles. The van der Waals surface area contributed by atoms with Gasteiger partial charge in [-0.05, 0) is 75.8 Å².